The first-order valence-electron chi connectivity index (χ1n) is 7.77. The van der Waals surface area contributed by atoms with Crippen LogP contribution in [0.3, 0.4) is 0 Å². The third-order valence-corrected chi connectivity index (χ3v) is 4.62. The van der Waals surface area contributed by atoms with E-state index < -0.39 is 0 Å². The minimum absolute atomic E-state index is 0.0777. The van der Waals surface area contributed by atoms with Crippen molar-refractivity contribution in [1.29, 1.82) is 0 Å². The van der Waals surface area contributed by atoms with E-state index in [0.717, 1.165) is 5.56 Å². The van der Waals surface area contributed by atoms with Crippen LogP contribution in [0, 0.1) is 5.41 Å². The smallest absolute Gasteiger partial charge is 0.147 e. The van der Waals surface area contributed by atoms with Gasteiger partial charge in [-0.2, -0.15) is 0 Å². The van der Waals surface area contributed by atoms with Gasteiger partial charge in [-0.3, -0.25) is 0 Å². The van der Waals surface area contributed by atoms with Crippen LogP contribution in [-0.2, 0) is 0 Å². The van der Waals surface area contributed by atoms with E-state index in [4.69, 9.17) is 10.9 Å². The summed E-state index contributed by atoms with van der Waals surface area (Å²) in [5.74, 6) is 0.191. The first-order chi connectivity index (χ1) is 10.0. The summed E-state index contributed by atoms with van der Waals surface area (Å²) in [5, 5.41) is 15.8. The molecule has 0 aromatic heterocycles. The highest BCUT2D eigenvalue weighted by molar-refractivity contribution is 5.87. The van der Waals surface area contributed by atoms with E-state index in [-0.39, 0.29) is 11.8 Å². The molecule has 1 aliphatic carbocycles. The van der Waals surface area contributed by atoms with Crippen molar-refractivity contribution in [1.82, 2.24) is 5.32 Å². The Morgan fingerprint density at radius 1 is 1.33 bits per heavy atom. The van der Waals surface area contributed by atoms with Crippen LogP contribution in [0.25, 0.3) is 0 Å². The molecule has 1 aromatic carbocycles. The van der Waals surface area contributed by atoms with Crippen molar-refractivity contribution in [2.75, 3.05) is 6.54 Å². The lowest BCUT2D eigenvalue weighted by Gasteiger charge is -2.35. The number of nitrogens with two attached hydrogens (primary N) is 1. The van der Waals surface area contributed by atoms with Crippen LogP contribution in [0.15, 0.2) is 35.5 Å². The number of hydrogen-bond acceptors (Lipinski definition) is 3. The van der Waals surface area contributed by atoms with Gasteiger partial charge in [0, 0.05) is 12.6 Å². The van der Waals surface area contributed by atoms with Gasteiger partial charge in [-0.25, -0.2) is 0 Å². The van der Waals surface area contributed by atoms with E-state index >= 15 is 0 Å². The second-order valence-electron chi connectivity index (χ2n) is 6.83. The summed E-state index contributed by atoms with van der Waals surface area (Å²) in [4.78, 5) is 0. The number of oxime groups is 1. The molecule has 4 heteroatoms. The summed E-state index contributed by atoms with van der Waals surface area (Å²) in [5.41, 5.74) is 7.42. The summed E-state index contributed by atoms with van der Waals surface area (Å²) in [6.45, 7) is 5.39. The fraction of sp³-hybridized carbons (Fsp3) is 0.588. The van der Waals surface area contributed by atoms with Crippen LogP contribution in [-0.4, -0.2) is 23.6 Å². The molecule has 1 fully saturated rings. The molecule has 4 N–H and O–H groups in total. The minimum atomic E-state index is -0.0777. The van der Waals surface area contributed by atoms with Gasteiger partial charge in [0.15, 0.2) is 0 Å². The maximum Gasteiger partial charge on any atom is 0.147 e. The third-order valence-electron chi connectivity index (χ3n) is 4.62. The van der Waals surface area contributed by atoms with Gasteiger partial charge in [-0.05, 0) is 36.7 Å². The van der Waals surface area contributed by atoms with Crippen LogP contribution in [0.1, 0.15) is 51.0 Å². The number of amidine groups is 1. The van der Waals surface area contributed by atoms with E-state index in [2.05, 4.69) is 24.3 Å². The van der Waals surface area contributed by atoms with E-state index in [0.29, 0.717) is 18.0 Å². The van der Waals surface area contributed by atoms with Crippen LogP contribution in [0.5, 0.6) is 0 Å². The zero-order valence-corrected chi connectivity index (χ0v) is 13.0. The highest BCUT2D eigenvalue weighted by atomic mass is 16.4. The molecule has 0 spiro atoms. The summed E-state index contributed by atoms with van der Waals surface area (Å²) >= 11 is 0. The molecule has 1 atom stereocenters. The fourth-order valence-corrected chi connectivity index (χ4v) is 3.04. The van der Waals surface area contributed by atoms with E-state index in [1.54, 1.807) is 0 Å². The number of rotatable bonds is 5. The molecule has 0 saturated heterocycles. The largest absolute Gasteiger partial charge is 0.409 e. The Labute approximate surface area is 127 Å². The molecule has 0 bridgehead atoms. The Bertz CT molecular complexity index is 460. The van der Waals surface area contributed by atoms with E-state index in [1.807, 2.05) is 30.3 Å². The quantitative estimate of drug-likeness (QED) is 0.338. The third kappa shape index (κ3) is 4.46. The molecule has 1 aromatic rings. The van der Waals surface area contributed by atoms with Gasteiger partial charge in [0.1, 0.15) is 5.84 Å². The molecule has 4 nitrogen and oxygen atoms in total. The molecule has 0 aliphatic heterocycles. The molecule has 1 saturated carbocycles. The zero-order valence-electron chi connectivity index (χ0n) is 13.0. The lowest BCUT2D eigenvalue weighted by atomic mass is 9.75. The maximum absolute atomic E-state index is 9.01. The Hall–Kier alpha value is -1.55. The van der Waals surface area contributed by atoms with Gasteiger partial charge in [0.05, 0.1) is 5.92 Å². The number of nitrogens with one attached hydrogen (secondary N) is 1. The van der Waals surface area contributed by atoms with Gasteiger partial charge in [-0.15, -0.1) is 0 Å². The highest BCUT2D eigenvalue weighted by Gasteiger charge is 2.27. The predicted octanol–water partition coefficient (Wildman–Crippen LogP) is 3.08. The van der Waals surface area contributed by atoms with Crippen LogP contribution >= 0.6 is 0 Å². The summed E-state index contributed by atoms with van der Waals surface area (Å²) in [7, 11) is 0. The normalized spacial score (nSPS) is 21.1. The lowest BCUT2D eigenvalue weighted by molar-refractivity contribution is 0.206. The van der Waals surface area contributed by atoms with Crippen molar-refractivity contribution in [3.8, 4) is 0 Å². The predicted molar refractivity (Wildman–Crippen MR) is 86.6 cm³/mol. The van der Waals surface area contributed by atoms with Gasteiger partial charge in [0.2, 0.25) is 0 Å². The Balaban J connectivity index is 1.95. The summed E-state index contributed by atoms with van der Waals surface area (Å²) < 4.78 is 0. The van der Waals surface area contributed by atoms with Gasteiger partial charge >= 0.3 is 0 Å². The molecule has 0 heterocycles. The first-order valence-corrected chi connectivity index (χ1v) is 7.77. The average Bonchev–Trinajstić information content (AvgIpc) is 2.49. The summed E-state index contributed by atoms with van der Waals surface area (Å²) in [6.07, 6.45) is 4.91. The molecule has 1 aliphatic rings. The van der Waals surface area contributed by atoms with Crippen molar-refractivity contribution in [2.45, 2.75) is 51.5 Å². The Morgan fingerprint density at radius 3 is 2.52 bits per heavy atom. The van der Waals surface area contributed by atoms with Crippen molar-refractivity contribution < 1.29 is 5.21 Å². The molecule has 116 valence electrons. The number of benzene rings is 1. The number of nitrogens with zero attached hydrogens (tertiary/aromatic N) is 1. The Kier molecular flexibility index (Phi) is 5.23. The number of hydrogen-bond donors (Lipinski definition) is 3. The van der Waals surface area contributed by atoms with Crippen LogP contribution in [0.2, 0.25) is 0 Å². The molecule has 0 amide bonds. The highest BCUT2D eigenvalue weighted by Crippen LogP contribution is 2.35. The van der Waals surface area contributed by atoms with Gasteiger partial charge in [-0.1, -0.05) is 49.3 Å². The van der Waals surface area contributed by atoms with Crippen LogP contribution in [0.4, 0.5) is 0 Å². The molecular formula is C17H27N3O. The molecular weight excluding hydrogens is 262 g/mol. The second kappa shape index (κ2) is 6.94. The molecule has 1 unspecified atom stereocenters. The zero-order chi connectivity index (χ0) is 15.3. The van der Waals surface area contributed by atoms with Crippen molar-refractivity contribution in [2.24, 2.45) is 16.3 Å². The van der Waals surface area contributed by atoms with E-state index in [9.17, 15) is 0 Å². The van der Waals surface area contributed by atoms with Crippen LogP contribution < -0.4 is 11.1 Å². The van der Waals surface area contributed by atoms with E-state index in [1.165, 1.54) is 25.7 Å². The maximum atomic E-state index is 9.01. The minimum Gasteiger partial charge on any atom is -0.409 e. The van der Waals surface area contributed by atoms with Crippen molar-refractivity contribution >= 4 is 5.84 Å². The van der Waals surface area contributed by atoms with Gasteiger partial charge < -0.3 is 16.3 Å². The Morgan fingerprint density at radius 2 is 1.95 bits per heavy atom. The summed E-state index contributed by atoms with van der Waals surface area (Å²) in [6, 6.07) is 10.5. The monoisotopic (exact) mass is 289 g/mol. The molecule has 0 radical (unpaired) electrons. The second-order valence-corrected chi connectivity index (χ2v) is 6.83. The molecule has 2 rings (SSSR count). The first kappa shape index (κ1) is 15.8. The van der Waals surface area contributed by atoms with Crippen molar-refractivity contribution in [3.63, 3.8) is 0 Å². The average molecular weight is 289 g/mol. The molecule has 21 heavy (non-hydrogen) atoms. The van der Waals surface area contributed by atoms with Gasteiger partial charge in [0.25, 0.3) is 0 Å². The topological polar surface area (TPSA) is 70.6 Å². The standard InChI is InChI=1S/C17H27N3O/c1-17(2)10-8-14(9-11-17)19-12-15(16(18)20-21)13-6-4-3-5-7-13/h3-7,14-15,19,21H,8-12H2,1-2H3,(H2,18,20). The SMILES string of the molecule is CC1(C)CCC(NCC(C(N)=NO)c2ccccc2)CC1. The van der Waals surface area contributed by atoms with Crippen molar-refractivity contribution in [3.05, 3.63) is 35.9 Å². The fourth-order valence-electron chi connectivity index (χ4n) is 3.04. The lowest BCUT2D eigenvalue weighted by Crippen LogP contribution is -2.40.